The Morgan fingerprint density at radius 2 is 1.73 bits per heavy atom. The van der Waals surface area contributed by atoms with E-state index in [1.807, 2.05) is 18.2 Å². The number of rotatable bonds is 6. The predicted molar refractivity (Wildman–Crippen MR) is 105 cm³/mol. The molecule has 0 bridgehead atoms. The van der Waals surface area contributed by atoms with E-state index < -0.39 is 0 Å². The molecule has 0 aliphatic heterocycles. The number of nitrogens with one attached hydrogen (secondary N) is 2. The van der Waals surface area contributed by atoms with Crippen molar-refractivity contribution in [2.24, 2.45) is 4.99 Å². The van der Waals surface area contributed by atoms with Gasteiger partial charge in [0.05, 0.1) is 14.2 Å². The maximum atomic E-state index is 13.6. The molecular weight excluding hydrogens is 401 g/mol. The smallest absolute Gasteiger partial charge is 0.191 e. The Hall–Kier alpha value is -2.28. The van der Waals surface area contributed by atoms with Crippen molar-refractivity contribution in [1.82, 2.24) is 10.6 Å². The van der Waals surface area contributed by atoms with Crippen molar-refractivity contribution in [1.29, 1.82) is 0 Å². The molecule has 0 saturated carbocycles. The second kappa shape index (κ2) is 9.43. The molecule has 0 aromatic heterocycles. The van der Waals surface area contributed by atoms with Gasteiger partial charge in [-0.05, 0) is 41.8 Å². The fraction of sp³-hybridized carbons (Fsp3) is 0.316. The van der Waals surface area contributed by atoms with Gasteiger partial charge in [0.1, 0.15) is 5.82 Å². The first-order chi connectivity index (χ1) is 12.5. The lowest BCUT2D eigenvalue weighted by molar-refractivity contribution is 0.354. The van der Waals surface area contributed by atoms with E-state index in [4.69, 9.17) is 9.47 Å². The SMILES string of the molecule is CN=C(NCc1ccc(C)c(F)c1)NCc1cc(OC)c(OC)cc1Br. The van der Waals surface area contributed by atoms with E-state index >= 15 is 0 Å². The summed E-state index contributed by atoms with van der Waals surface area (Å²) in [5.41, 5.74) is 2.48. The van der Waals surface area contributed by atoms with Crippen LogP contribution in [0.5, 0.6) is 11.5 Å². The summed E-state index contributed by atoms with van der Waals surface area (Å²) in [5.74, 6) is 1.73. The van der Waals surface area contributed by atoms with Gasteiger partial charge in [-0.15, -0.1) is 0 Å². The van der Waals surface area contributed by atoms with Crippen LogP contribution in [0, 0.1) is 12.7 Å². The summed E-state index contributed by atoms with van der Waals surface area (Å²) in [4.78, 5) is 4.19. The minimum Gasteiger partial charge on any atom is -0.493 e. The Balaban J connectivity index is 1.99. The van der Waals surface area contributed by atoms with Crippen LogP contribution in [0.4, 0.5) is 4.39 Å². The molecule has 0 amide bonds. The number of aliphatic imine (C=N–C) groups is 1. The first-order valence-corrected chi connectivity index (χ1v) is 8.87. The monoisotopic (exact) mass is 423 g/mol. The summed E-state index contributed by atoms with van der Waals surface area (Å²) in [6.07, 6.45) is 0. The van der Waals surface area contributed by atoms with Crippen LogP contribution in [-0.4, -0.2) is 27.2 Å². The molecule has 0 aliphatic carbocycles. The highest BCUT2D eigenvalue weighted by Crippen LogP contribution is 2.33. The highest BCUT2D eigenvalue weighted by Gasteiger charge is 2.10. The third-order valence-corrected chi connectivity index (χ3v) is 4.66. The number of aryl methyl sites for hydroxylation is 1. The zero-order chi connectivity index (χ0) is 19.1. The van der Waals surface area contributed by atoms with E-state index in [-0.39, 0.29) is 5.82 Å². The van der Waals surface area contributed by atoms with Crippen molar-refractivity contribution in [2.45, 2.75) is 20.0 Å². The van der Waals surface area contributed by atoms with E-state index in [9.17, 15) is 4.39 Å². The van der Waals surface area contributed by atoms with E-state index in [1.54, 1.807) is 34.3 Å². The van der Waals surface area contributed by atoms with Gasteiger partial charge >= 0.3 is 0 Å². The van der Waals surface area contributed by atoms with Crippen LogP contribution >= 0.6 is 15.9 Å². The zero-order valence-electron chi connectivity index (χ0n) is 15.3. The van der Waals surface area contributed by atoms with Gasteiger partial charge in [0, 0.05) is 24.6 Å². The normalized spacial score (nSPS) is 11.2. The maximum absolute atomic E-state index is 13.6. The fourth-order valence-corrected chi connectivity index (χ4v) is 2.83. The lowest BCUT2D eigenvalue weighted by Gasteiger charge is -2.15. The van der Waals surface area contributed by atoms with Crippen molar-refractivity contribution in [3.63, 3.8) is 0 Å². The lowest BCUT2D eigenvalue weighted by Crippen LogP contribution is -2.36. The molecule has 2 N–H and O–H groups in total. The average Bonchev–Trinajstić information content (AvgIpc) is 2.65. The van der Waals surface area contributed by atoms with Crippen molar-refractivity contribution >= 4 is 21.9 Å². The molecule has 0 atom stereocenters. The average molecular weight is 424 g/mol. The summed E-state index contributed by atoms with van der Waals surface area (Å²) in [6, 6.07) is 8.95. The molecule has 2 aromatic carbocycles. The number of benzene rings is 2. The maximum Gasteiger partial charge on any atom is 0.191 e. The lowest BCUT2D eigenvalue weighted by atomic mass is 10.1. The Kier molecular flexibility index (Phi) is 7.26. The topological polar surface area (TPSA) is 54.9 Å². The summed E-state index contributed by atoms with van der Waals surface area (Å²) < 4.78 is 25.2. The Morgan fingerprint density at radius 3 is 2.35 bits per heavy atom. The number of nitrogens with zero attached hydrogens (tertiary/aromatic N) is 1. The molecule has 2 rings (SSSR count). The Morgan fingerprint density at radius 1 is 1.08 bits per heavy atom. The molecule has 0 heterocycles. The van der Waals surface area contributed by atoms with Crippen LogP contribution in [0.3, 0.4) is 0 Å². The number of hydrogen-bond donors (Lipinski definition) is 2. The van der Waals surface area contributed by atoms with Gasteiger partial charge in [-0.3, -0.25) is 4.99 Å². The van der Waals surface area contributed by atoms with Gasteiger partial charge < -0.3 is 20.1 Å². The summed E-state index contributed by atoms with van der Waals surface area (Å²) in [5, 5.41) is 6.40. The fourth-order valence-electron chi connectivity index (χ4n) is 2.36. The van der Waals surface area contributed by atoms with Crippen molar-refractivity contribution in [3.05, 3.63) is 57.3 Å². The molecule has 26 heavy (non-hydrogen) atoms. The Bertz CT molecular complexity index is 797. The first kappa shape index (κ1) is 20.0. The molecule has 0 spiro atoms. The van der Waals surface area contributed by atoms with Gasteiger partial charge in [0.25, 0.3) is 0 Å². The minimum atomic E-state index is -0.207. The third-order valence-electron chi connectivity index (χ3n) is 3.92. The summed E-state index contributed by atoms with van der Waals surface area (Å²) in [6.45, 7) is 2.75. The molecule has 2 aromatic rings. The highest BCUT2D eigenvalue weighted by molar-refractivity contribution is 9.10. The van der Waals surface area contributed by atoms with Crippen LogP contribution in [0.15, 0.2) is 39.8 Å². The second-order valence-corrected chi connectivity index (χ2v) is 6.52. The van der Waals surface area contributed by atoms with E-state index in [2.05, 4.69) is 31.6 Å². The number of ether oxygens (including phenoxy) is 2. The summed E-state index contributed by atoms with van der Waals surface area (Å²) >= 11 is 3.54. The minimum absolute atomic E-state index is 0.207. The van der Waals surface area contributed by atoms with Crippen molar-refractivity contribution in [3.8, 4) is 11.5 Å². The molecule has 0 aliphatic rings. The Labute approximate surface area is 161 Å². The molecule has 0 saturated heterocycles. The van der Waals surface area contributed by atoms with Crippen molar-refractivity contribution in [2.75, 3.05) is 21.3 Å². The van der Waals surface area contributed by atoms with Crippen LogP contribution in [0.25, 0.3) is 0 Å². The second-order valence-electron chi connectivity index (χ2n) is 5.66. The predicted octanol–water partition coefficient (Wildman–Crippen LogP) is 3.78. The third kappa shape index (κ3) is 5.11. The highest BCUT2D eigenvalue weighted by atomic mass is 79.9. The van der Waals surface area contributed by atoms with Gasteiger partial charge in [-0.2, -0.15) is 0 Å². The van der Waals surface area contributed by atoms with E-state index in [1.165, 1.54) is 6.07 Å². The number of hydrogen-bond acceptors (Lipinski definition) is 3. The quantitative estimate of drug-likeness (QED) is 0.548. The standard InChI is InChI=1S/C19H23BrFN3O2/c1-12-5-6-13(7-16(12)21)10-23-19(22-2)24-11-14-8-17(25-3)18(26-4)9-15(14)20/h5-9H,10-11H2,1-4H3,(H2,22,23,24). The van der Waals surface area contributed by atoms with Crippen molar-refractivity contribution < 1.29 is 13.9 Å². The summed E-state index contributed by atoms with van der Waals surface area (Å²) in [7, 11) is 4.89. The molecule has 140 valence electrons. The van der Waals surface area contributed by atoms with Crippen LogP contribution in [0.1, 0.15) is 16.7 Å². The van der Waals surface area contributed by atoms with Crippen LogP contribution in [0.2, 0.25) is 0 Å². The zero-order valence-corrected chi connectivity index (χ0v) is 16.9. The van der Waals surface area contributed by atoms with Crippen LogP contribution in [-0.2, 0) is 13.1 Å². The van der Waals surface area contributed by atoms with E-state index in [0.29, 0.717) is 36.1 Å². The molecule has 0 radical (unpaired) electrons. The number of methoxy groups -OCH3 is 2. The number of guanidine groups is 1. The first-order valence-electron chi connectivity index (χ1n) is 8.08. The van der Waals surface area contributed by atoms with Gasteiger partial charge in [-0.25, -0.2) is 4.39 Å². The molecule has 7 heteroatoms. The van der Waals surface area contributed by atoms with Gasteiger partial charge in [-0.1, -0.05) is 28.1 Å². The number of halogens is 2. The van der Waals surface area contributed by atoms with E-state index in [0.717, 1.165) is 15.6 Å². The van der Waals surface area contributed by atoms with Gasteiger partial charge in [0.2, 0.25) is 0 Å². The molecular formula is C19H23BrFN3O2. The molecule has 0 fully saturated rings. The largest absolute Gasteiger partial charge is 0.493 e. The van der Waals surface area contributed by atoms with Crippen LogP contribution < -0.4 is 20.1 Å². The molecule has 5 nitrogen and oxygen atoms in total. The molecule has 0 unspecified atom stereocenters. The van der Waals surface area contributed by atoms with Gasteiger partial charge in [0.15, 0.2) is 17.5 Å².